The van der Waals surface area contributed by atoms with Crippen molar-refractivity contribution in [3.05, 3.63) is 23.7 Å². The lowest BCUT2D eigenvalue weighted by atomic mass is 9.96. The molecule has 0 aliphatic carbocycles. The van der Waals surface area contributed by atoms with Gasteiger partial charge in [0.05, 0.1) is 18.2 Å². The van der Waals surface area contributed by atoms with Crippen LogP contribution in [0.25, 0.3) is 0 Å². The predicted octanol–water partition coefficient (Wildman–Crippen LogP) is 1.69. The third kappa shape index (κ3) is 5.22. The fraction of sp³-hybridized carbons (Fsp3) is 0.615. The number of aliphatic hydroxyl groups is 1. The maximum Gasteiger partial charge on any atom is 0.254 e. The summed E-state index contributed by atoms with van der Waals surface area (Å²) in [6.45, 7) is 4.59. The molecule has 0 saturated carbocycles. The van der Waals surface area contributed by atoms with Crippen molar-refractivity contribution in [1.29, 1.82) is 0 Å². The third-order valence-corrected chi connectivity index (χ3v) is 3.18. The Morgan fingerprint density at radius 3 is 2.58 bits per heavy atom. The molecule has 110 valence electrons. The van der Waals surface area contributed by atoms with E-state index >= 15 is 0 Å². The van der Waals surface area contributed by atoms with Gasteiger partial charge in [0.25, 0.3) is 5.91 Å². The summed E-state index contributed by atoms with van der Waals surface area (Å²) in [5.41, 5.74) is 5.83. The first-order chi connectivity index (χ1) is 8.62. The zero-order valence-corrected chi connectivity index (χ0v) is 12.2. The van der Waals surface area contributed by atoms with Crippen molar-refractivity contribution >= 4 is 18.3 Å². The van der Waals surface area contributed by atoms with Gasteiger partial charge in [-0.3, -0.25) is 4.79 Å². The van der Waals surface area contributed by atoms with Crippen LogP contribution in [-0.4, -0.2) is 23.7 Å². The Bertz CT molecular complexity index is 378. The van der Waals surface area contributed by atoms with Gasteiger partial charge in [-0.15, -0.1) is 12.4 Å². The molecule has 19 heavy (non-hydrogen) atoms. The minimum Gasteiger partial charge on any atom is -0.467 e. The molecule has 6 heteroatoms. The highest BCUT2D eigenvalue weighted by Crippen LogP contribution is 2.12. The highest BCUT2D eigenvalue weighted by atomic mass is 35.5. The highest BCUT2D eigenvalue weighted by Gasteiger charge is 2.17. The van der Waals surface area contributed by atoms with Crippen molar-refractivity contribution in [2.75, 3.05) is 6.54 Å². The van der Waals surface area contributed by atoms with E-state index in [-0.39, 0.29) is 37.3 Å². The highest BCUT2D eigenvalue weighted by molar-refractivity contribution is 5.93. The van der Waals surface area contributed by atoms with E-state index in [9.17, 15) is 9.90 Å². The van der Waals surface area contributed by atoms with Gasteiger partial charge in [-0.1, -0.05) is 26.7 Å². The SMILES string of the molecule is CCC(CC)C(O)CNC(=O)c1coc(CN)c1.Cl. The van der Waals surface area contributed by atoms with E-state index in [1.54, 1.807) is 6.07 Å². The Labute approximate surface area is 120 Å². The molecule has 1 atom stereocenters. The Hall–Kier alpha value is -1.04. The van der Waals surface area contributed by atoms with Crippen molar-refractivity contribution in [2.45, 2.75) is 39.3 Å². The lowest BCUT2D eigenvalue weighted by Crippen LogP contribution is -2.35. The lowest BCUT2D eigenvalue weighted by molar-refractivity contribution is 0.0816. The van der Waals surface area contributed by atoms with E-state index in [4.69, 9.17) is 10.2 Å². The maximum atomic E-state index is 11.8. The van der Waals surface area contributed by atoms with Crippen LogP contribution in [0.15, 0.2) is 16.7 Å². The number of halogens is 1. The first kappa shape index (κ1) is 18.0. The first-order valence-corrected chi connectivity index (χ1v) is 6.36. The molecule has 1 heterocycles. The zero-order valence-electron chi connectivity index (χ0n) is 11.4. The van der Waals surface area contributed by atoms with Crippen molar-refractivity contribution in [1.82, 2.24) is 5.32 Å². The van der Waals surface area contributed by atoms with Crippen LogP contribution in [0.1, 0.15) is 42.8 Å². The number of carbonyl (C=O) groups excluding carboxylic acids is 1. The van der Waals surface area contributed by atoms with Gasteiger partial charge in [-0.05, 0) is 12.0 Å². The van der Waals surface area contributed by atoms with Gasteiger partial charge in [0.2, 0.25) is 0 Å². The molecule has 1 amide bonds. The smallest absolute Gasteiger partial charge is 0.254 e. The molecule has 0 aliphatic rings. The standard InChI is InChI=1S/C13H22N2O3.ClH/c1-3-9(4-2)12(16)7-15-13(17)10-5-11(6-14)18-8-10;/h5,8-9,12,16H,3-4,6-7,14H2,1-2H3,(H,15,17);1H. The van der Waals surface area contributed by atoms with Crippen LogP contribution in [0, 0.1) is 5.92 Å². The van der Waals surface area contributed by atoms with Crippen LogP contribution < -0.4 is 11.1 Å². The summed E-state index contributed by atoms with van der Waals surface area (Å²) < 4.78 is 5.08. The maximum absolute atomic E-state index is 11.8. The van der Waals surface area contributed by atoms with Gasteiger partial charge in [0, 0.05) is 6.54 Å². The minimum atomic E-state index is -0.509. The number of nitrogens with two attached hydrogens (primary N) is 1. The van der Waals surface area contributed by atoms with Crippen LogP contribution in [0.5, 0.6) is 0 Å². The number of rotatable bonds is 7. The molecule has 0 aromatic carbocycles. The van der Waals surface area contributed by atoms with E-state index < -0.39 is 6.10 Å². The van der Waals surface area contributed by atoms with E-state index in [2.05, 4.69) is 5.32 Å². The van der Waals surface area contributed by atoms with Crippen LogP contribution in [0.4, 0.5) is 0 Å². The van der Waals surface area contributed by atoms with Crippen molar-refractivity contribution in [3.63, 3.8) is 0 Å². The Morgan fingerprint density at radius 1 is 1.47 bits per heavy atom. The molecule has 4 N–H and O–H groups in total. The van der Waals surface area contributed by atoms with Crippen LogP contribution >= 0.6 is 12.4 Å². The average Bonchev–Trinajstić information content (AvgIpc) is 2.86. The number of furan rings is 1. The number of amides is 1. The summed E-state index contributed by atoms with van der Waals surface area (Å²) in [4.78, 5) is 11.8. The van der Waals surface area contributed by atoms with Gasteiger partial charge < -0.3 is 20.6 Å². The lowest BCUT2D eigenvalue weighted by Gasteiger charge is -2.20. The molecule has 0 fully saturated rings. The monoisotopic (exact) mass is 290 g/mol. The van der Waals surface area contributed by atoms with Gasteiger partial charge >= 0.3 is 0 Å². The number of hydrogen-bond acceptors (Lipinski definition) is 4. The summed E-state index contributed by atoms with van der Waals surface area (Å²) >= 11 is 0. The first-order valence-electron chi connectivity index (χ1n) is 6.36. The van der Waals surface area contributed by atoms with Gasteiger partial charge in [0.1, 0.15) is 12.0 Å². The average molecular weight is 291 g/mol. The molecular weight excluding hydrogens is 268 g/mol. The van der Waals surface area contributed by atoms with E-state index in [1.807, 2.05) is 13.8 Å². The molecule has 1 unspecified atom stereocenters. The Balaban J connectivity index is 0.00000324. The Kier molecular flexibility index (Phi) is 8.47. The summed E-state index contributed by atoms with van der Waals surface area (Å²) in [5, 5.41) is 12.6. The number of aliphatic hydroxyl groups excluding tert-OH is 1. The van der Waals surface area contributed by atoms with Crippen LogP contribution in [-0.2, 0) is 6.54 Å². The molecule has 1 rings (SSSR count). The van der Waals surface area contributed by atoms with E-state index in [0.717, 1.165) is 12.8 Å². The predicted molar refractivity (Wildman–Crippen MR) is 76.3 cm³/mol. The molecule has 0 aliphatic heterocycles. The van der Waals surface area contributed by atoms with Crippen molar-refractivity contribution in [3.8, 4) is 0 Å². The van der Waals surface area contributed by atoms with E-state index in [1.165, 1.54) is 6.26 Å². The number of carbonyl (C=O) groups is 1. The molecule has 0 saturated heterocycles. The molecule has 5 nitrogen and oxygen atoms in total. The second-order valence-corrected chi connectivity index (χ2v) is 4.36. The second-order valence-electron chi connectivity index (χ2n) is 4.36. The number of hydrogen-bond donors (Lipinski definition) is 3. The molecular formula is C13H23ClN2O3. The molecule has 1 aromatic rings. The normalized spacial score (nSPS) is 12.1. The summed E-state index contributed by atoms with van der Waals surface area (Å²) in [6, 6.07) is 1.61. The van der Waals surface area contributed by atoms with Gasteiger partial charge in [-0.25, -0.2) is 0 Å². The minimum absolute atomic E-state index is 0. The summed E-state index contributed by atoms with van der Waals surface area (Å²) in [6.07, 6.45) is 2.67. The van der Waals surface area contributed by atoms with Gasteiger partial charge in [-0.2, -0.15) is 0 Å². The molecule has 0 bridgehead atoms. The topological polar surface area (TPSA) is 88.5 Å². The largest absolute Gasteiger partial charge is 0.467 e. The quantitative estimate of drug-likeness (QED) is 0.713. The summed E-state index contributed by atoms with van der Waals surface area (Å²) in [7, 11) is 0. The van der Waals surface area contributed by atoms with Crippen LogP contribution in [0.2, 0.25) is 0 Å². The second kappa shape index (κ2) is 8.96. The summed E-state index contributed by atoms with van der Waals surface area (Å²) in [5.74, 6) is 0.540. The molecule has 0 spiro atoms. The van der Waals surface area contributed by atoms with Crippen LogP contribution in [0.3, 0.4) is 0 Å². The fourth-order valence-corrected chi connectivity index (χ4v) is 1.91. The van der Waals surface area contributed by atoms with Crippen molar-refractivity contribution in [2.24, 2.45) is 11.7 Å². The fourth-order valence-electron chi connectivity index (χ4n) is 1.91. The van der Waals surface area contributed by atoms with Gasteiger partial charge in [0.15, 0.2) is 0 Å². The molecule has 0 radical (unpaired) electrons. The van der Waals surface area contributed by atoms with Crippen molar-refractivity contribution < 1.29 is 14.3 Å². The Morgan fingerprint density at radius 2 is 2.11 bits per heavy atom. The number of nitrogens with one attached hydrogen (secondary N) is 1. The third-order valence-electron chi connectivity index (χ3n) is 3.18. The zero-order chi connectivity index (χ0) is 13.5. The van der Waals surface area contributed by atoms with E-state index in [0.29, 0.717) is 11.3 Å². The molecule has 1 aromatic heterocycles.